The van der Waals surface area contributed by atoms with Gasteiger partial charge in [0.05, 0.1) is 23.8 Å². The molecule has 8 rings (SSSR count). The molecule has 0 aliphatic rings. The van der Waals surface area contributed by atoms with Gasteiger partial charge in [0.25, 0.3) is 0 Å². The molecule has 250 valence electrons. The first-order chi connectivity index (χ1) is 25.7. The van der Waals surface area contributed by atoms with Crippen LogP contribution in [0.2, 0.25) is 0 Å². The molecule has 0 saturated heterocycles. The van der Waals surface area contributed by atoms with Gasteiger partial charge < -0.3 is 14.7 Å². The highest BCUT2D eigenvalue weighted by Crippen LogP contribution is 2.46. The highest BCUT2D eigenvalue weighted by atomic mass is 15.2. The Bertz CT molecular complexity index is 2310. The van der Waals surface area contributed by atoms with E-state index >= 15 is 0 Å². The summed E-state index contributed by atoms with van der Waals surface area (Å²) in [5, 5.41) is 0. The number of hydrogen-bond donors (Lipinski definition) is 0. The maximum absolute atomic E-state index is 4.69. The quantitative estimate of drug-likeness (QED) is 0.145. The third kappa shape index (κ3) is 6.63. The lowest BCUT2D eigenvalue weighted by molar-refractivity contribution is 1.20. The lowest BCUT2D eigenvalue weighted by Gasteiger charge is -2.31. The molecule has 0 fully saturated rings. The minimum Gasteiger partial charge on any atom is -0.311 e. The van der Waals surface area contributed by atoms with Gasteiger partial charge in [-0.3, -0.25) is 9.97 Å². The van der Waals surface area contributed by atoms with Crippen molar-refractivity contribution in [3.05, 3.63) is 212 Å². The Balaban J connectivity index is 1.27. The summed E-state index contributed by atoms with van der Waals surface area (Å²) >= 11 is 0. The molecule has 0 atom stereocenters. The van der Waals surface area contributed by atoms with Crippen LogP contribution in [-0.2, 0) is 0 Å². The SMILES string of the molecule is Cc1ccc(N(c2ccccc2)c2cnccc2-c2ccncc2N(c2ccccc2)c2ccc(N(c3ccccc3)c3ccccc3)cc2)cc1. The van der Waals surface area contributed by atoms with E-state index in [4.69, 9.17) is 0 Å². The molecule has 5 nitrogen and oxygen atoms in total. The number of rotatable bonds is 10. The molecule has 2 heterocycles. The topological polar surface area (TPSA) is 35.5 Å². The molecule has 0 radical (unpaired) electrons. The van der Waals surface area contributed by atoms with Crippen LogP contribution in [-0.4, -0.2) is 9.97 Å². The third-order valence-corrected chi connectivity index (χ3v) is 9.09. The van der Waals surface area contributed by atoms with Crippen LogP contribution in [0, 0.1) is 6.92 Å². The predicted molar refractivity (Wildman–Crippen MR) is 216 cm³/mol. The fourth-order valence-electron chi connectivity index (χ4n) is 6.64. The number of pyridine rings is 2. The molecule has 52 heavy (non-hydrogen) atoms. The molecular weight excluding hydrogens is 635 g/mol. The van der Waals surface area contributed by atoms with E-state index in [1.807, 2.05) is 49.1 Å². The summed E-state index contributed by atoms with van der Waals surface area (Å²) in [5.41, 5.74) is 12.6. The van der Waals surface area contributed by atoms with Gasteiger partial charge in [-0.2, -0.15) is 0 Å². The van der Waals surface area contributed by atoms with Gasteiger partial charge in [0.2, 0.25) is 0 Å². The highest BCUT2D eigenvalue weighted by Gasteiger charge is 2.23. The van der Waals surface area contributed by atoms with Crippen LogP contribution in [0.4, 0.5) is 51.2 Å². The zero-order valence-electron chi connectivity index (χ0n) is 28.9. The third-order valence-electron chi connectivity index (χ3n) is 9.09. The summed E-state index contributed by atoms with van der Waals surface area (Å²) in [6.45, 7) is 2.11. The average Bonchev–Trinajstić information content (AvgIpc) is 3.22. The van der Waals surface area contributed by atoms with Crippen molar-refractivity contribution in [2.45, 2.75) is 6.92 Å². The van der Waals surface area contributed by atoms with Crippen molar-refractivity contribution in [1.29, 1.82) is 0 Å². The van der Waals surface area contributed by atoms with Crippen molar-refractivity contribution in [2.24, 2.45) is 0 Å². The molecule has 0 N–H and O–H groups in total. The Morgan fingerprint density at radius 1 is 0.308 bits per heavy atom. The van der Waals surface area contributed by atoms with Gasteiger partial charge in [-0.05, 0) is 104 Å². The van der Waals surface area contributed by atoms with E-state index < -0.39 is 0 Å². The van der Waals surface area contributed by atoms with Crippen molar-refractivity contribution in [1.82, 2.24) is 9.97 Å². The van der Waals surface area contributed by atoms with Crippen LogP contribution in [0.25, 0.3) is 11.1 Å². The van der Waals surface area contributed by atoms with Crippen LogP contribution in [0.15, 0.2) is 207 Å². The zero-order chi connectivity index (χ0) is 35.1. The summed E-state index contributed by atoms with van der Waals surface area (Å²) < 4.78 is 0. The fraction of sp³-hybridized carbons (Fsp3) is 0.0213. The van der Waals surface area contributed by atoms with E-state index in [1.165, 1.54) is 5.56 Å². The smallest absolute Gasteiger partial charge is 0.0724 e. The van der Waals surface area contributed by atoms with E-state index in [0.717, 1.165) is 62.3 Å². The Kier molecular flexibility index (Phi) is 9.22. The summed E-state index contributed by atoms with van der Waals surface area (Å²) in [7, 11) is 0. The van der Waals surface area contributed by atoms with Gasteiger partial charge >= 0.3 is 0 Å². The van der Waals surface area contributed by atoms with Gasteiger partial charge in [0.15, 0.2) is 0 Å². The second-order valence-electron chi connectivity index (χ2n) is 12.5. The number of anilines is 9. The first kappa shape index (κ1) is 32.2. The Hall–Kier alpha value is -6.98. The first-order valence-corrected chi connectivity index (χ1v) is 17.4. The van der Waals surface area contributed by atoms with Crippen LogP contribution in [0.5, 0.6) is 0 Å². The fourth-order valence-corrected chi connectivity index (χ4v) is 6.64. The normalized spacial score (nSPS) is 10.8. The minimum atomic E-state index is 0.953. The van der Waals surface area contributed by atoms with Crippen molar-refractivity contribution < 1.29 is 0 Å². The summed E-state index contributed by atoms with van der Waals surface area (Å²) in [6.07, 6.45) is 7.64. The zero-order valence-corrected chi connectivity index (χ0v) is 28.9. The molecule has 0 aliphatic heterocycles. The molecule has 8 aromatic rings. The number of nitrogens with zero attached hydrogens (tertiary/aromatic N) is 5. The monoisotopic (exact) mass is 671 g/mol. The van der Waals surface area contributed by atoms with E-state index in [9.17, 15) is 0 Å². The molecule has 0 unspecified atom stereocenters. The summed E-state index contributed by atoms with van der Waals surface area (Å²) in [4.78, 5) is 16.2. The maximum Gasteiger partial charge on any atom is 0.0724 e. The molecule has 0 spiro atoms. The Morgan fingerprint density at radius 2 is 0.596 bits per heavy atom. The second-order valence-corrected chi connectivity index (χ2v) is 12.5. The van der Waals surface area contributed by atoms with E-state index in [-0.39, 0.29) is 0 Å². The van der Waals surface area contributed by atoms with Crippen molar-refractivity contribution in [3.8, 4) is 11.1 Å². The largest absolute Gasteiger partial charge is 0.311 e. The molecule has 5 heteroatoms. The highest BCUT2D eigenvalue weighted by molar-refractivity contribution is 5.95. The minimum absolute atomic E-state index is 0.953. The summed E-state index contributed by atoms with van der Waals surface area (Å²) in [6, 6.07) is 63.5. The predicted octanol–water partition coefficient (Wildman–Crippen LogP) is 12.9. The van der Waals surface area contributed by atoms with E-state index in [0.29, 0.717) is 0 Å². The van der Waals surface area contributed by atoms with Crippen LogP contribution in [0.3, 0.4) is 0 Å². The standard InChI is InChI=1S/C47H37N5/c1-36-22-24-42(25-23-36)51(39-18-10-4-11-19-39)46-34-48-32-30-44(46)45-31-33-49-35-47(45)52(40-20-12-5-13-21-40)43-28-26-41(27-29-43)50(37-14-6-2-7-15-37)38-16-8-3-9-17-38/h2-35H,1H3. The number of hydrogen-bond acceptors (Lipinski definition) is 5. The molecule has 6 aromatic carbocycles. The number of para-hydroxylation sites is 4. The molecular formula is C47H37N5. The average molecular weight is 672 g/mol. The van der Waals surface area contributed by atoms with Gasteiger partial charge in [-0.1, -0.05) is 90.5 Å². The van der Waals surface area contributed by atoms with Crippen molar-refractivity contribution >= 4 is 51.2 Å². The molecule has 0 amide bonds. The van der Waals surface area contributed by atoms with Gasteiger partial charge in [0.1, 0.15) is 0 Å². The molecule has 0 bridgehead atoms. The van der Waals surface area contributed by atoms with Crippen molar-refractivity contribution in [3.63, 3.8) is 0 Å². The lowest BCUT2D eigenvalue weighted by atomic mass is 10.0. The van der Waals surface area contributed by atoms with Crippen LogP contribution in [0.1, 0.15) is 5.56 Å². The van der Waals surface area contributed by atoms with Crippen molar-refractivity contribution in [2.75, 3.05) is 14.7 Å². The molecule has 2 aromatic heterocycles. The van der Waals surface area contributed by atoms with Crippen LogP contribution < -0.4 is 14.7 Å². The second kappa shape index (κ2) is 14.9. The number of aryl methyl sites for hydroxylation is 1. The molecule has 0 saturated carbocycles. The van der Waals surface area contributed by atoms with E-state index in [2.05, 4.69) is 189 Å². The summed E-state index contributed by atoms with van der Waals surface area (Å²) in [5.74, 6) is 0. The van der Waals surface area contributed by atoms with Gasteiger partial charge in [-0.25, -0.2) is 0 Å². The molecule has 0 aliphatic carbocycles. The number of benzene rings is 6. The van der Waals surface area contributed by atoms with E-state index in [1.54, 1.807) is 0 Å². The van der Waals surface area contributed by atoms with Gasteiger partial charge in [0, 0.05) is 63.3 Å². The number of aromatic nitrogens is 2. The van der Waals surface area contributed by atoms with Gasteiger partial charge in [-0.15, -0.1) is 0 Å². The Labute approximate surface area is 305 Å². The van der Waals surface area contributed by atoms with Crippen LogP contribution >= 0.6 is 0 Å². The Morgan fingerprint density at radius 3 is 0.962 bits per heavy atom. The maximum atomic E-state index is 4.69. The first-order valence-electron chi connectivity index (χ1n) is 17.4. The lowest BCUT2D eigenvalue weighted by Crippen LogP contribution is -2.14.